The summed E-state index contributed by atoms with van der Waals surface area (Å²) in [5.74, 6) is 6.76. The van der Waals surface area contributed by atoms with Crippen molar-refractivity contribution in [3.8, 4) is 5.75 Å². The highest BCUT2D eigenvalue weighted by atomic mass is 35.5. The largest absolute Gasteiger partial charge is 0.493 e. The van der Waals surface area contributed by atoms with Crippen molar-refractivity contribution in [3.05, 3.63) is 28.3 Å². The Bertz CT molecular complexity index is 495. The predicted molar refractivity (Wildman–Crippen MR) is 85.8 cm³/mol. The van der Waals surface area contributed by atoms with Crippen molar-refractivity contribution in [2.75, 3.05) is 13.2 Å². The fraction of sp³-hybridized carbons (Fsp3) is 0.625. The average Bonchev–Trinajstić information content (AvgIpc) is 2.92. The molecule has 1 aromatic rings. The van der Waals surface area contributed by atoms with Gasteiger partial charge >= 0.3 is 0 Å². The normalized spacial score (nSPS) is 18.0. The summed E-state index contributed by atoms with van der Waals surface area (Å²) in [4.78, 5) is 0. The van der Waals surface area contributed by atoms with Crippen LogP contribution in [0.1, 0.15) is 38.3 Å². The molecule has 0 bridgehead atoms. The van der Waals surface area contributed by atoms with Crippen LogP contribution in [0.15, 0.2) is 12.1 Å². The van der Waals surface area contributed by atoms with Gasteiger partial charge in [0.2, 0.25) is 0 Å². The lowest BCUT2D eigenvalue weighted by atomic mass is 9.88. The van der Waals surface area contributed by atoms with E-state index in [4.69, 9.17) is 26.9 Å². The molecule has 0 fully saturated rings. The molecule has 1 aromatic carbocycles. The Labute approximate surface area is 131 Å². The Balaban J connectivity index is 2.27. The average molecular weight is 313 g/mol. The first-order chi connectivity index (χ1) is 10.0. The third kappa shape index (κ3) is 3.51. The van der Waals surface area contributed by atoms with Crippen LogP contribution in [0.25, 0.3) is 0 Å². The van der Waals surface area contributed by atoms with Crippen LogP contribution < -0.4 is 16.0 Å². The Kier molecular flexibility index (Phi) is 5.49. The maximum absolute atomic E-state index is 6.23. The minimum Gasteiger partial charge on any atom is -0.493 e. The summed E-state index contributed by atoms with van der Waals surface area (Å²) in [6, 6.07) is 3.95. The lowest BCUT2D eigenvalue weighted by molar-refractivity contribution is -0.0551. The second kappa shape index (κ2) is 6.97. The number of halogens is 1. The molecule has 118 valence electrons. The second-order valence-electron chi connectivity index (χ2n) is 5.67. The highest BCUT2D eigenvalue weighted by molar-refractivity contribution is 6.30. The third-order valence-corrected chi connectivity index (χ3v) is 4.58. The molecule has 5 heteroatoms. The van der Waals surface area contributed by atoms with Gasteiger partial charge in [-0.05, 0) is 49.9 Å². The SMILES string of the molecule is CCOC(C)(CC)C(Cc1cc(Cl)cc2c1OCC2)NN. The molecule has 21 heavy (non-hydrogen) atoms. The molecule has 0 saturated heterocycles. The molecule has 0 saturated carbocycles. The standard InChI is InChI=1S/C16H25ClN2O2/c1-4-16(3,21-5-2)14(19-18)10-12-9-13(17)8-11-6-7-20-15(11)12/h8-9,14,19H,4-7,10,18H2,1-3H3. The first kappa shape index (κ1) is 16.6. The Morgan fingerprint density at radius 3 is 2.86 bits per heavy atom. The number of benzene rings is 1. The van der Waals surface area contributed by atoms with Crippen LogP contribution in [-0.2, 0) is 17.6 Å². The van der Waals surface area contributed by atoms with Crippen molar-refractivity contribution >= 4 is 11.6 Å². The van der Waals surface area contributed by atoms with Crippen molar-refractivity contribution < 1.29 is 9.47 Å². The number of hydrogen-bond acceptors (Lipinski definition) is 4. The topological polar surface area (TPSA) is 56.5 Å². The van der Waals surface area contributed by atoms with Crippen molar-refractivity contribution in [2.24, 2.45) is 5.84 Å². The second-order valence-corrected chi connectivity index (χ2v) is 6.11. The maximum atomic E-state index is 6.23. The zero-order chi connectivity index (χ0) is 15.5. The quantitative estimate of drug-likeness (QED) is 0.600. The Morgan fingerprint density at radius 2 is 2.24 bits per heavy atom. The van der Waals surface area contributed by atoms with E-state index in [0.29, 0.717) is 6.61 Å². The van der Waals surface area contributed by atoms with Crippen LogP contribution >= 0.6 is 11.6 Å². The zero-order valence-electron chi connectivity index (χ0n) is 13.0. The predicted octanol–water partition coefficient (Wildman–Crippen LogP) is 2.85. The van der Waals surface area contributed by atoms with E-state index in [-0.39, 0.29) is 11.6 Å². The summed E-state index contributed by atoms with van der Waals surface area (Å²) in [5.41, 5.74) is 4.87. The Hall–Kier alpha value is -0.810. The van der Waals surface area contributed by atoms with E-state index in [0.717, 1.165) is 42.2 Å². The summed E-state index contributed by atoms with van der Waals surface area (Å²) in [5, 5.41) is 0.750. The molecule has 2 rings (SSSR count). The minimum atomic E-state index is -0.322. The summed E-state index contributed by atoms with van der Waals surface area (Å²) in [6.07, 6.45) is 2.52. The van der Waals surface area contributed by atoms with Gasteiger partial charge in [0.15, 0.2) is 0 Å². The zero-order valence-corrected chi connectivity index (χ0v) is 13.8. The highest BCUT2D eigenvalue weighted by Crippen LogP contribution is 2.35. The number of fused-ring (bicyclic) bond motifs is 1. The van der Waals surface area contributed by atoms with Crippen LogP contribution in [0.3, 0.4) is 0 Å². The van der Waals surface area contributed by atoms with E-state index in [9.17, 15) is 0 Å². The molecular weight excluding hydrogens is 288 g/mol. The number of rotatable bonds is 7. The monoisotopic (exact) mass is 312 g/mol. The third-order valence-electron chi connectivity index (χ3n) is 4.36. The molecule has 3 N–H and O–H groups in total. The van der Waals surface area contributed by atoms with Gasteiger partial charge in [0, 0.05) is 18.1 Å². The van der Waals surface area contributed by atoms with Crippen LogP contribution in [0, 0.1) is 0 Å². The molecule has 0 amide bonds. The smallest absolute Gasteiger partial charge is 0.125 e. The van der Waals surface area contributed by atoms with Gasteiger partial charge in [0.05, 0.1) is 18.2 Å². The number of nitrogens with two attached hydrogens (primary N) is 1. The molecule has 0 spiro atoms. The molecule has 2 unspecified atom stereocenters. The molecule has 2 atom stereocenters. The van der Waals surface area contributed by atoms with Crippen molar-refractivity contribution in [1.82, 2.24) is 5.43 Å². The van der Waals surface area contributed by atoms with Gasteiger partial charge in [-0.1, -0.05) is 18.5 Å². The molecule has 1 aliphatic rings. The molecule has 0 aliphatic carbocycles. The van der Waals surface area contributed by atoms with Gasteiger partial charge in [0.1, 0.15) is 5.75 Å². The first-order valence-electron chi connectivity index (χ1n) is 7.58. The molecular formula is C16H25ClN2O2. The van der Waals surface area contributed by atoms with Gasteiger partial charge < -0.3 is 9.47 Å². The van der Waals surface area contributed by atoms with E-state index in [2.05, 4.69) is 19.3 Å². The maximum Gasteiger partial charge on any atom is 0.125 e. The van der Waals surface area contributed by atoms with E-state index in [1.54, 1.807) is 0 Å². The van der Waals surface area contributed by atoms with Crippen LogP contribution in [-0.4, -0.2) is 24.9 Å². The number of hydrogen-bond donors (Lipinski definition) is 2. The van der Waals surface area contributed by atoms with Gasteiger partial charge in [-0.2, -0.15) is 0 Å². The van der Waals surface area contributed by atoms with Crippen LogP contribution in [0.2, 0.25) is 5.02 Å². The van der Waals surface area contributed by atoms with Crippen molar-refractivity contribution in [3.63, 3.8) is 0 Å². The molecule has 4 nitrogen and oxygen atoms in total. The molecule has 0 aromatic heterocycles. The van der Waals surface area contributed by atoms with Gasteiger partial charge in [0.25, 0.3) is 0 Å². The Morgan fingerprint density at radius 1 is 1.48 bits per heavy atom. The first-order valence-corrected chi connectivity index (χ1v) is 7.96. The van der Waals surface area contributed by atoms with Crippen LogP contribution in [0.5, 0.6) is 5.75 Å². The van der Waals surface area contributed by atoms with E-state index in [1.165, 1.54) is 5.56 Å². The van der Waals surface area contributed by atoms with E-state index >= 15 is 0 Å². The highest BCUT2D eigenvalue weighted by Gasteiger charge is 2.34. The van der Waals surface area contributed by atoms with Crippen LogP contribution in [0.4, 0.5) is 0 Å². The summed E-state index contributed by atoms with van der Waals surface area (Å²) >= 11 is 6.23. The van der Waals surface area contributed by atoms with Crippen molar-refractivity contribution in [2.45, 2.75) is 51.7 Å². The van der Waals surface area contributed by atoms with Crippen molar-refractivity contribution in [1.29, 1.82) is 0 Å². The molecule has 1 heterocycles. The molecule has 0 radical (unpaired) electrons. The lowest BCUT2D eigenvalue weighted by Gasteiger charge is -2.36. The molecule has 1 aliphatic heterocycles. The summed E-state index contributed by atoms with van der Waals surface area (Å²) < 4.78 is 11.7. The van der Waals surface area contributed by atoms with Gasteiger partial charge in [-0.15, -0.1) is 0 Å². The number of nitrogens with one attached hydrogen (secondary N) is 1. The fourth-order valence-electron chi connectivity index (χ4n) is 2.95. The lowest BCUT2D eigenvalue weighted by Crippen LogP contribution is -2.54. The minimum absolute atomic E-state index is 0.00535. The summed E-state index contributed by atoms with van der Waals surface area (Å²) in [6.45, 7) is 7.58. The van der Waals surface area contributed by atoms with E-state index < -0.39 is 0 Å². The fourth-order valence-corrected chi connectivity index (χ4v) is 3.21. The number of hydrazine groups is 1. The van der Waals surface area contributed by atoms with Gasteiger partial charge in [-0.3, -0.25) is 11.3 Å². The van der Waals surface area contributed by atoms with E-state index in [1.807, 2.05) is 19.1 Å². The van der Waals surface area contributed by atoms with Gasteiger partial charge in [-0.25, -0.2) is 0 Å². The number of ether oxygens (including phenoxy) is 2. The summed E-state index contributed by atoms with van der Waals surface area (Å²) in [7, 11) is 0.